The fourth-order valence-electron chi connectivity index (χ4n) is 1.99. The van der Waals surface area contributed by atoms with E-state index in [2.05, 4.69) is 15.9 Å². The molecule has 0 aliphatic heterocycles. The summed E-state index contributed by atoms with van der Waals surface area (Å²) in [6.45, 7) is 2.46. The molecule has 0 fully saturated rings. The molecule has 2 rings (SSSR count). The molecule has 114 valence electrons. The highest BCUT2D eigenvalue weighted by molar-refractivity contribution is 9.11. The van der Waals surface area contributed by atoms with Gasteiger partial charge in [0.15, 0.2) is 0 Å². The zero-order valence-electron chi connectivity index (χ0n) is 11.8. The summed E-state index contributed by atoms with van der Waals surface area (Å²) in [5, 5.41) is 1.94. The number of aryl methyl sites for hydroxylation is 1. The van der Waals surface area contributed by atoms with Crippen LogP contribution >= 0.6 is 27.3 Å². The second kappa shape index (κ2) is 6.58. The van der Waals surface area contributed by atoms with Crippen molar-refractivity contribution in [3.8, 4) is 0 Å². The third kappa shape index (κ3) is 3.73. The van der Waals surface area contributed by atoms with Gasteiger partial charge in [0.2, 0.25) is 10.0 Å². The van der Waals surface area contributed by atoms with Gasteiger partial charge in [-0.15, -0.1) is 11.3 Å². The standard InChI is InChI=1S/C14H17BrN2O2S2/c1-10-3-4-11(7-16)5-13(10)21(18,19)17(2)8-12-6-14(15)20-9-12/h3-6,9H,7-8,16H2,1-2H3. The zero-order valence-corrected chi connectivity index (χ0v) is 15.1. The number of rotatable bonds is 5. The first-order valence-corrected chi connectivity index (χ1v) is 9.44. The molecule has 0 bridgehead atoms. The normalized spacial score (nSPS) is 12.0. The summed E-state index contributed by atoms with van der Waals surface area (Å²) < 4.78 is 27.8. The molecule has 0 atom stereocenters. The smallest absolute Gasteiger partial charge is 0.243 e. The largest absolute Gasteiger partial charge is 0.326 e. The first kappa shape index (κ1) is 16.6. The van der Waals surface area contributed by atoms with Crippen LogP contribution in [0.5, 0.6) is 0 Å². The molecular weight excluding hydrogens is 372 g/mol. The Morgan fingerprint density at radius 3 is 2.57 bits per heavy atom. The number of thiophene rings is 1. The average molecular weight is 389 g/mol. The first-order chi connectivity index (χ1) is 9.84. The van der Waals surface area contributed by atoms with E-state index >= 15 is 0 Å². The molecule has 0 saturated carbocycles. The van der Waals surface area contributed by atoms with Crippen molar-refractivity contribution in [1.29, 1.82) is 0 Å². The Morgan fingerprint density at radius 1 is 1.29 bits per heavy atom. The topological polar surface area (TPSA) is 63.4 Å². The summed E-state index contributed by atoms with van der Waals surface area (Å²) >= 11 is 4.93. The van der Waals surface area contributed by atoms with Crippen LogP contribution in [0.25, 0.3) is 0 Å². The van der Waals surface area contributed by atoms with Crippen LogP contribution in [-0.2, 0) is 23.1 Å². The fraction of sp³-hybridized carbons (Fsp3) is 0.286. The fourth-order valence-corrected chi connectivity index (χ4v) is 4.62. The minimum absolute atomic E-state index is 0.322. The Kier molecular flexibility index (Phi) is 5.21. The number of nitrogens with zero attached hydrogens (tertiary/aromatic N) is 1. The summed E-state index contributed by atoms with van der Waals surface area (Å²) in [5.41, 5.74) is 8.10. The van der Waals surface area contributed by atoms with E-state index in [1.807, 2.05) is 17.5 Å². The maximum absolute atomic E-state index is 12.7. The Morgan fingerprint density at radius 2 is 2.00 bits per heavy atom. The summed E-state index contributed by atoms with van der Waals surface area (Å²) in [5.74, 6) is 0. The zero-order chi connectivity index (χ0) is 15.6. The summed E-state index contributed by atoms with van der Waals surface area (Å²) in [6.07, 6.45) is 0. The van der Waals surface area contributed by atoms with Gasteiger partial charge >= 0.3 is 0 Å². The van der Waals surface area contributed by atoms with E-state index in [-0.39, 0.29) is 0 Å². The number of hydrogen-bond donors (Lipinski definition) is 1. The highest BCUT2D eigenvalue weighted by Crippen LogP contribution is 2.25. The van der Waals surface area contributed by atoms with Crippen molar-refractivity contribution in [2.45, 2.75) is 24.9 Å². The number of halogens is 1. The predicted molar refractivity (Wildman–Crippen MR) is 89.7 cm³/mol. The molecule has 0 unspecified atom stereocenters. The second-order valence-corrected chi connectivity index (χ2v) is 9.13. The molecule has 0 amide bonds. The monoisotopic (exact) mass is 388 g/mol. The lowest BCUT2D eigenvalue weighted by molar-refractivity contribution is 0.466. The van der Waals surface area contributed by atoms with Crippen LogP contribution < -0.4 is 5.73 Å². The predicted octanol–water partition coefficient (Wildman–Crippen LogP) is 3.10. The third-order valence-electron chi connectivity index (χ3n) is 3.20. The first-order valence-electron chi connectivity index (χ1n) is 6.33. The van der Waals surface area contributed by atoms with E-state index in [1.54, 1.807) is 37.4 Å². The van der Waals surface area contributed by atoms with Crippen LogP contribution in [0, 0.1) is 6.92 Å². The SMILES string of the molecule is Cc1ccc(CN)cc1S(=O)(=O)N(C)Cc1csc(Br)c1. The van der Waals surface area contributed by atoms with Gasteiger partial charge < -0.3 is 5.73 Å². The van der Waals surface area contributed by atoms with Crippen molar-refractivity contribution in [2.24, 2.45) is 5.73 Å². The number of nitrogens with two attached hydrogens (primary N) is 1. The van der Waals surface area contributed by atoms with Gasteiger partial charge in [-0.25, -0.2) is 8.42 Å². The number of sulfonamides is 1. The van der Waals surface area contributed by atoms with Crippen LogP contribution in [0.3, 0.4) is 0 Å². The van der Waals surface area contributed by atoms with E-state index in [0.717, 1.165) is 20.5 Å². The quantitative estimate of drug-likeness (QED) is 0.855. The van der Waals surface area contributed by atoms with Gasteiger partial charge in [0.05, 0.1) is 8.68 Å². The van der Waals surface area contributed by atoms with E-state index in [0.29, 0.717) is 18.0 Å². The third-order valence-corrected chi connectivity index (χ3v) is 6.70. The van der Waals surface area contributed by atoms with Crippen molar-refractivity contribution in [3.05, 3.63) is 50.1 Å². The highest BCUT2D eigenvalue weighted by atomic mass is 79.9. The van der Waals surface area contributed by atoms with Gasteiger partial charge in [-0.3, -0.25) is 0 Å². The van der Waals surface area contributed by atoms with Crippen molar-refractivity contribution in [1.82, 2.24) is 4.31 Å². The molecule has 1 aromatic heterocycles. The van der Waals surface area contributed by atoms with E-state index in [4.69, 9.17) is 5.73 Å². The Hall–Kier alpha value is -0.730. The van der Waals surface area contributed by atoms with Gasteiger partial charge in [0.25, 0.3) is 0 Å². The molecule has 7 heteroatoms. The molecular formula is C14H17BrN2O2S2. The number of hydrogen-bond acceptors (Lipinski definition) is 4. The van der Waals surface area contributed by atoms with Crippen LogP contribution in [-0.4, -0.2) is 19.8 Å². The Bertz CT molecular complexity index is 741. The Balaban J connectivity index is 2.32. The maximum Gasteiger partial charge on any atom is 0.243 e. The molecule has 4 nitrogen and oxygen atoms in total. The lowest BCUT2D eigenvalue weighted by atomic mass is 10.1. The molecule has 1 aromatic carbocycles. The maximum atomic E-state index is 12.7. The van der Waals surface area contributed by atoms with Gasteiger partial charge in [-0.2, -0.15) is 4.31 Å². The van der Waals surface area contributed by atoms with E-state index in [9.17, 15) is 8.42 Å². The molecule has 0 spiro atoms. The minimum atomic E-state index is -3.52. The summed E-state index contributed by atoms with van der Waals surface area (Å²) in [7, 11) is -1.93. The molecule has 0 saturated heterocycles. The van der Waals surface area contributed by atoms with Crippen LogP contribution in [0.15, 0.2) is 38.3 Å². The van der Waals surface area contributed by atoms with Gasteiger partial charge in [0, 0.05) is 20.1 Å². The molecule has 1 heterocycles. The van der Waals surface area contributed by atoms with Gasteiger partial charge in [0.1, 0.15) is 0 Å². The van der Waals surface area contributed by atoms with Gasteiger partial charge in [-0.05, 0) is 57.1 Å². The van der Waals surface area contributed by atoms with Crippen molar-refractivity contribution in [2.75, 3.05) is 7.05 Å². The molecule has 0 radical (unpaired) electrons. The summed E-state index contributed by atoms with van der Waals surface area (Å²) in [6, 6.07) is 7.24. The molecule has 21 heavy (non-hydrogen) atoms. The van der Waals surface area contributed by atoms with Crippen molar-refractivity contribution in [3.63, 3.8) is 0 Å². The molecule has 2 aromatic rings. The highest BCUT2D eigenvalue weighted by Gasteiger charge is 2.23. The van der Waals surface area contributed by atoms with Crippen LogP contribution in [0.2, 0.25) is 0 Å². The van der Waals surface area contributed by atoms with Gasteiger partial charge in [-0.1, -0.05) is 12.1 Å². The number of benzene rings is 1. The Labute approximate surface area is 137 Å². The van der Waals surface area contributed by atoms with Crippen molar-refractivity contribution >= 4 is 37.3 Å². The second-order valence-electron chi connectivity index (χ2n) is 4.82. The molecule has 0 aliphatic carbocycles. The van der Waals surface area contributed by atoms with Crippen LogP contribution in [0.1, 0.15) is 16.7 Å². The average Bonchev–Trinajstić information content (AvgIpc) is 2.84. The summed E-state index contributed by atoms with van der Waals surface area (Å²) in [4.78, 5) is 0.322. The van der Waals surface area contributed by atoms with Crippen LogP contribution in [0.4, 0.5) is 0 Å². The molecule has 0 aliphatic rings. The molecule has 2 N–H and O–H groups in total. The van der Waals surface area contributed by atoms with Crippen molar-refractivity contribution < 1.29 is 8.42 Å². The minimum Gasteiger partial charge on any atom is -0.326 e. The van der Waals surface area contributed by atoms with E-state index < -0.39 is 10.0 Å². The lowest BCUT2D eigenvalue weighted by Crippen LogP contribution is -2.27. The van der Waals surface area contributed by atoms with E-state index in [1.165, 1.54) is 4.31 Å². The lowest BCUT2D eigenvalue weighted by Gasteiger charge is -2.18.